The van der Waals surface area contributed by atoms with Crippen LogP contribution >= 0.6 is 0 Å². The van der Waals surface area contributed by atoms with Crippen LogP contribution in [0, 0.1) is 6.92 Å². The average Bonchev–Trinajstić information content (AvgIpc) is 3.14. The SMILES string of the molecule is Cc1cccc(C2=N/C(=C/c3ccc4c(c3)OCO4)C(=O)O2)c1. The molecule has 2 aliphatic rings. The number of benzene rings is 2. The fourth-order valence-electron chi connectivity index (χ4n) is 2.47. The van der Waals surface area contributed by atoms with Crippen molar-refractivity contribution < 1.29 is 19.0 Å². The molecule has 0 atom stereocenters. The van der Waals surface area contributed by atoms with Gasteiger partial charge in [0.25, 0.3) is 0 Å². The Morgan fingerprint density at radius 1 is 1.09 bits per heavy atom. The maximum atomic E-state index is 12.0. The van der Waals surface area contributed by atoms with E-state index in [9.17, 15) is 4.79 Å². The van der Waals surface area contributed by atoms with Gasteiger partial charge < -0.3 is 14.2 Å². The molecule has 0 radical (unpaired) electrons. The molecule has 0 N–H and O–H groups in total. The first-order valence-corrected chi connectivity index (χ1v) is 7.18. The number of carbonyl (C=O) groups is 1. The van der Waals surface area contributed by atoms with E-state index in [4.69, 9.17) is 14.2 Å². The largest absolute Gasteiger partial charge is 0.454 e. The molecule has 0 amide bonds. The maximum Gasteiger partial charge on any atom is 0.363 e. The van der Waals surface area contributed by atoms with Crippen LogP contribution < -0.4 is 9.47 Å². The number of esters is 1. The third-order valence-corrected chi connectivity index (χ3v) is 3.59. The van der Waals surface area contributed by atoms with Gasteiger partial charge in [0.1, 0.15) is 0 Å². The lowest BCUT2D eigenvalue weighted by Gasteiger charge is -1.99. The van der Waals surface area contributed by atoms with Crippen LogP contribution in [0.3, 0.4) is 0 Å². The van der Waals surface area contributed by atoms with Gasteiger partial charge in [0.05, 0.1) is 0 Å². The quantitative estimate of drug-likeness (QED) is 0.632. The number of rotatable bonds is 2. The van der Waals surface area contributed by atoms with E-state index in [1.807, 2.05) is 43.3 Å². The maximum absolute atomic E-state index is 12.0. The van der Waals surface area contributed by atoms with Crippen LogP contribution in [0.1, 0.15) is 16.7 Å². The first-order chi connectivity index (χ1) is 11.2. The molecule has 0 unspecified atom stereocenters. The molecule has 0 saturated carbocycles. The zero-order valence-corrected chi connectivity index (χ0v) is 12.4. The average molecular weight is 307 g/mol. The summed E-state index contributed by atoms with van der Waals surface area (Å²) in [7, 11) is 0. The molecule has 0 spiro atoms. The summed E-state index contributed by atoms with van der Waals surface area (Å²) in [6.07, 6.45) is 1.67. The van der Waals surface area contributed by atoms with Gasteiger partial charge in [-0.25, -0.2) is 9.79 Å². The molecule has 2 heterocycles. The highest BCUT2D eigenvalue weighted by molar-refractivity contribution is 6.12. The number of ether oxygens (including phenoxy) is 3. The highest BCUT2D eigenvalue weighted by Gasteiger charge is 2.24. The van der Waals surface area contributed by atoms with Crippen molar-refractivity contribution in [1.82, 2.24) is 0 Å². The van der Waals surface area contributed by atoms with Gasteiger partial charge in [-0.1, -0.05) is 23.8 Å². The lowest BCUT2D eigenvalue weighted by atomic mass is 10.1. The molecular formula is C18H13NO4. The Balaban J connectivity index is 1.67. The van der Waals surface area contributed by atoms with E-state index >= 15 is 0 Å². The third kappa shape index (κ3) is 2.57. The summed E-state index contributed by atoms with van der Waals surface area (Å²) in [5, 5.41) is 0. The fraction of sp³-hybridized carbons (Fsp3) is 0.111. The second kappa shape index (κ2) is 5.28. The number of cyclic esters (lactones) is 1. The summed E-state index contributed by atoms with van der Waals surface area (Å²) >= 11 is 0. The molecule has 114 valence electrons. The first kappa shape index (κ1) is 13.6. The molecule has 2 aromatic rings. The van der Waals surface area contributed by atoms with Crippen molar-refractivity contribution in [1.29, 1.82) is 0 Å². The van der Waals surface area contributed by atoms with Crippen LogP contribution in [-0.4, -0.2) is 18.7 Å². The van der Waals surface area contributed by atoms with Crippen molar-refractivity contribution in [3.63, 3.8) is 0 Å². The molecule has 23 heavy (non-hydrogen) atoms. The molecule has 2 aromatic carbocycles. The predicted octanol–water partition coefficient (Wildman–Crippen LogP) is 3.07. The molecule has 5 nitrogen and oxygen atoms in total. The molecule has 4 rings (SSSR count). The summed E-state index contributed by atoms with van der Waals surface area (Å²) in [4.78, 5) is 16.3. The Kier molecular flexibility index (Phi) is 3.12. The standard InChI is InChI=1S/C18H13NO4/c1-11-3-2-4-13(7-11)17-19-14(18(20)23-17)8-12-5-6-15-16(9-12)22-10-21-15/h2-9H,10H2,1H3/b14-8+. The summed E-state index contributed by atoms with van der Waals surface area (Å²) in [5.41, 5.74) is 2.93. The monoisotopic (exact) mass is 307 g/mol. The number of nitrogens with zero attached hydrogens (tertiary/aromatic N) is 1. The highest BCUT2D eigenvalue weighted by atomic mass is 16.7. The van der Waals surface area contributed by atoms with Crippen molar-refractivity contribution in [2.45, 2.75) is 6.92 Å². The van der Waals surface area contributed by atoms with Gasteiger partial charge in [-0.3, -0.25) is 0 Å². The summed E-state index contributed by atoms with van der Waals surface area (Å²) in [5.74, 6) is 1.23. The Morgan fingerprint density at radius 3 is 2.83 bits per heavy atom. The molecule has 5 heteroatoms. The van der Waals surface area contributed by atoms with E-state index in [0.717, 1.165) is 16.7 Å². The molecule has 2 aliphatic heterocycles. The van der Waals surface area contributed by atoms with E-state index in [1.165, 1.54) is 0 Å². The van der Waals surface area contributed by atoms with Crippen LogP contribution in [0.5, 0.6) is 11.5 Å². The topological polar surface area (TPSA) is 57.1 Å². The molecule has 0 saturated heterocycles. The summed E-state index contributed by atoms with van der Waals surface area (Å²) < 4.78 is 15.9. The number of aryl methyl sites for hydroxylation is 1. The van der Waals surface area contributed by atoms with Crippen molar-refractivity contribution in [2.75, 3.05) is 6.79 Å². The van der Waals surface area contributed by atoms with Gasteiger partial charge in [-0.05, 0) is 42.8 Å². The third-order valence-electron chi connectivity index (χ3n) is 3.59. The minimum Gasteiger partial charge on any atom is -0.454 e. The van der Waals surface area contributed by atoms with E-state index in [-0.39, 0.29) is 12.5 Å². The zero-order valence-electron chi connectivity index (χ0n) is 12.4. The minimum atomic E-state index is -0.459. The fourth-order valence-corrected chi connectivity index (χ4v) is 2.47. The smallest absolute Gasteiger partial charge is 0.363 e. The van der Waals surface area contributed by atoms with Crippen LogP contribution in [0.2, 0.25) is 0 Å². The van der Waals surface area contributed by atoms with E-state index in [1.54, 1.807) is 12.1 Å². The normalized spacial score (nSPS) is 17.3. The van der Waals surface area contributed by atoms with Gasteiger partial charge in [0.15, 0.2) is 17.2 Å². The molecule has 0 bridgehead atoms. The van der Waals surface area contributed by atoms with Gasteiger partial charge in [-0.15, -0.1) is 0 Å². The number of carbonyl (C=O) groups excluding carboxylic acids is 1. The van der Waals surface area contributed by atoms with Crippen molar-refractivity contribution in [2.24, 2.45) is 4.99 Å². The van der Waals surface area contributed by atoms with Crippen molar-refractivity contribution in [3.05, 3.63) is 64.9 Å². The molecule has 0 aliphatic carbocycles. The second-order valence-corrected chi connectivity index (χ2v) is 5.32. The number of hydrogen-bond donors (Lipinski definition) is 0. The zero-order chi connectivity index (χ0) is 15.8. The Labute approximate surface area is 132 Å². The second-order valence-electron chi connectivity index (χ2n) is 5.32. The first-order valence-electron chi connectivity index (χ1n) is 7.18. The van der Waals surface area contributed by atoms with Gasteiger partial charge >= 0.3 is 5.97 Å². The van der Waals surface area contributed by atoms with Gasteiger partial charge in [-0.2, -0.15) is 0 Å². The van der Waals surface area contributed by atoms with Crippen LogP contribution in [0.25, 0.3) is 6.08 Å². The molecular weight excluding hydrogens is 294 g/mol. The van der Waals surface area contributed by atoms with E-state index in [0.29, 0.717) is 17.4 Å². The van der Waals surface area contributed by atoms with Crippen LogP contribution in [-0.2, 0) is 9.53 Å². The van der Waals surface area contributed by atoms with Gasteiger partial charge in [0, 0.05) is 5.56 Å². The van der Waals surface area contributed by atoms with Gasteiger partial charge in [0.2, 0.25) is 12.7 Å². The Morgan fingerprint density at radius 2 is 1.96 bits per heavy atom. The Hall–Kier alpha value is -3.08. The minimum absolute atomic E-state index is 0.215. The summed E-state index contributed by atoms with van der Waals surface area (Å²) in [6.45, 7) is 2.19. The highest BCUT2D eigenvalue weighted by Crippen LogP contribution is 2.33. The molecule has 0 fully saturated rings. The molecule has 0 aromatic heterocycles. The summed E-state index contributed by atoms with van der Waals surface area (Å²) in [6, 6.07) is 13.1. The Bertz CT molecular complexity index is 867. The van der Waals surface area contributed by atoms with E-state index < -0.39 is 5.97 Å². The van der Waals surface area contributed by atoms with E-state index in [2.05, 4.69) is 4.99 Å². The lowest BCUT2D eigenvalue weighted by molar-refractivity contribution is -0.129. The number of hydrogen-bond acceptors (Lipinski definition) is 5. The van der Waals surface area contributed by atoms with Crippen molar-refractivity contribution >= 4 is 17.9 Å². The number of aliphatic imine (C=N–C) groups is 1. The lowest BCUT2D eigenvalue weighted by Crippen LogP contribution is -2.05. The van der Waals surface area contributed by atoms with Crippen molar-refractivity contribution in [3.8, 4) is 11.5 Å². The van der Waals surface area contributed by atoms with Crippen LogP contribution in [0.15, 0.2) is 53.2 Å². The van der Waals surface area contributed by atoms with Crippen LogP contribution in [0.4, 0.5) is 0 Å². The predicted molar refractivity (Wildman–Crippen MR) is 84.4 cm³/mol. The number of fused-ring (bicyclic) bond motifs is 1.